The van der Waals surface area contributed by atoms with E-state index in [0.29, 0.717) is 22.6 Å². The Hall–Kier alpha value is -4.17. The Morgan fingerprint density at radius 2 is 1.69 bits per heavy atom. The fourth-order valence-corrected chi connectivity index (χ4v) is 2.56. The lowest BCUT2D eigenvalue weighted by Gasteiger charge is -2.06. The van der Waals surface area contributed by atoms with E-state index in [9.17, 15) is 14.9 Å². The van der Waals surface area contributed by atoms with E-state index >= 15 is 0 Å². The Kier molecular flexibility index (Phi) is 6.18. The molecule has 3 aromatic rings. The first-order chi connectivity index (χ1) is 14.0. The summed E-state index contributed by atoms with van der Waals surface area (Å²) >= 11 is 0. The molecule has 0 radical (unpaired) electrons. The van der Waals surface area contributed by atoms with E-state index < -0.39 is 11.9 Å². The second-order valence-electron chi connectivity index (χ2n) is 6.32. The first-order valence-corrected chi connectivity index (χ1v) is 8.92. The SMILES string of the molecule is Cc1ccc(C(=O)Oc2cccc(C=C(C#N)C(=O)Nc3ccccc3)c2)cc1. The Bertz CT molecular complexity index is 1090. The van der Waals surface area contributed by atoms with Crippen molar-refractivity contribution in [2.45, 2.75) is 6.92 Å². The first kappa shape index (κ1) is 19.6. The van der Waals surface area contributed by atoms with Crippen LogP contribution >= 0.6 is 0 Å². The zero-order valence-corrected chi connectivity index (χ0v) is 15.8. The number of nitrogens with zero attached hydrogens (tertiary/aromatic N) is 1. The third kappa shape index (κ3) is 5.41. The summed E-state index contributed by atoms with van der Waals surface area (Å²) in [5.41, 5.74) is 2.59. The van der Waals surface area contributed by atoms with E-state index in [4.69, 9.17) is 4.74 Å². The number of ether oxygens (including phenoxy) is 1. The Labute approximate surface area is 168 Å². The van der Waals surface area contributed by atoms with Crippen molar-refractivity contribution in [1.82, 2.24) is 0 Å². The molecule has 1 N–H and O–H groups in total. The normalized spacial score (nSPS) is 10.7. The zero-order chi connectivity index (χ0) is 20.6. The van der Waals surface area contributed by atoms with Crippen LogP contribution in [-0.2, 0) is 4.79 Å². The number of carbonyl (C=O) groups excluding carboxylic acids is 2. The average molecular weight is 382 g/mol. The van der Waals surface area contributed by atoms with Crippen LogP contribution in [0.3, 0.4) is 0 Å². The van der Waals surface area contributed by atoms with Gasteiger partial charge in [-0.2, -0.15) is 5.26 Å². The smallest absolute Gasteiger partial charge is 0.343 e. The topological polar surface area (TPSA) is 79.2 Å². The van der Waals surface area contributed by atoms with Gasteiger partial charge in [0.1, 0.15) is 17.4 Å². The van der Waals surface area contributed by atoms with Gasteiger partial charge in [-0.3, -0.25) is 4.79 Å². The molecule has 0 aliphatic heterocycles. The standard InChI is InChI=1S/C24H18N2O3/c1-17-10-12-19(13-11-17)24(28)29-22-9-5-6-18(15-22)14-20(16-25)23(27)26-21-7-3-2-4-8-21/h2-15H,1H3,(H,26,27). The largest absolute Gasteiger partial charge is 0.423 e. The minimum Gasteiger partial charge on any atom is -0.423 e. The molecule has 5 heteroatoms. The van der Waals surface area contributed by atoms with Crippen LogP contribution in [-0.4, -0.2) is 11.9 Å². The maximum absolute atomic E-state index is 12.3. The second-order valence-corrected chi connectivity index (χ2v) is 6.32. The van der Waals surface area contributed by atoms with Gasteiger partial charge in [0.05, 0.1) is 5.56 Å². The molecule has 3 aromatic carbocycles. The molecule has 0 aromatic heterocycles. The number of anilines is 1. The maximum Gasteiger partial charge on any atom is 0.343 e. The Morgan fingerprint density at radius 1 is 0.966 bits per heavy atom. The van der Waals surface area contributed by atoms with E-state index in [0.717, 1.165) is 5.56 Å². The molecular weight excluding hydrogens is 364 g/mol. The average Bonchev–Trinajstić information content (AvgIpc) is 2.73. The van der Waals surface area contributed by atoms with Crippen LogP contribution in [0.5, 0.6) is 5.75 Å². The molecule has 0 saturated carbocycles. The molecule has 0 fully saturated rings. The predicted octanol–water partition coefficient (Wildman–Crippen LogP) is 4.76. The molecule has 0 saturated heterocycles. The van der Waals surface area contributed by atoms with Gasteiger partial charge in [0.25, 0.3) is 5.91 Å². The van der Waals surface area contributed by atoms with Gasteiger partial charge in [0.2, 0.25) is 0 Å². The van der Waals surface area contributed by atoms with Crippen molar-refractivity contribution in [1.29, 1.82) is 5.26 Å². The summed E-state index contributed by atoms with van der Waals surface area (Å²) < 4.78 is 5.40. The predicted molar refractivity (Wildman–Crippen MR) is 111 cm³/mol. The van der Waals surface area contributed by atoms with Gasteiger partial charge < -0.3 is 10.1 Å². The van der Waals surface area contributed by atoms with E-state index in [1.165, 1.54) is 6.08 Å². The van der Waals surface area contributed by atoms with Gasteiger partial charge in [-0.15, -0.1) is 0 Å². The number of rotatable bonds is 5. The fourth-order valence-electron chi connectivity index (χ4n) is 2.56. The van der Waals surface area contributed by atoms with Crippen molar-refractivity contribution in [2.75, 3.05) is 5.32 Å². The number of nitriles is 1. The number of benzene rings is 3. The van der Waals surface area contributed by atoms with Crippen LogP contribution in [0.4, 0.5) is 5.69 Å². The molecule has 0 aliphatic carbocycles. The summed E-state index contributed by atoms with van der Waals surface area (Å²) in [6, 6.07) is 24.5. The molecule has 5 nitrogen and oxygen atoms in total. The molecule has 0 unspecified atom stereocenters. The quantitative estimate of drug-likeness (QED) is 0.299. The van der Waals surface area contributed by atoms with Crippen LogP contribution < -0.4 is 10.1 Å². The van der Waals surface area contributed by atoms with E-state index in [-0.39, 0.29) is 5.57 Å². The molecule has 3 rings (SSSR count). The van der Waals surface area contributed by atoms with Gasteiger partial charge in [-0.25, -0.2) is 4.79 Å². The number of nitrogens with one attached hydrogen (secondary N) is 1. The Morgan fingerprint density at radius 3 is 2.38 bits per heavy atom. The van der Waals surface area contributed by atoms with E-state index in [2.05, 4.69) is 5.32 Å². The fraction of sp³-hybridized carbons (Fsp3) is 0.0417. The van der Waals surface area contributed by atoms with Gasteiger partial charge in [-0.1, -0.05) is 48.0 Å². The minimum atomic E-state index is -0.513. The highest BCUT2D eigenvalue weighted by Gasteiger charge is 2.11. The van der Waals surface area contributed by atoms with Gasteiger partial charge in [0.15, 0.2) is 0 Å². The van der Waals surface area contributed by atoms with Gasteiger partial charge in [0, 0.05) is 5.69 Å². The van der Waals surface area contributed by atoms with Crippen molar-refractivity contribution < 1.29 is 14.3 Å². The van der Waals surface area contributed by atoms with Crippen LogP contribution in [0.25, 0.3) is 6.08 Å². The summed E-state index contributed by atoms with van der Waals surface area (Å²) in [5.74, 6) is -0.667. The number of esters is 1. The lowest BCUT2D eigenvalue weighted by Crippen LogP contribution is -2.13. The van der Waals surface area contributed by atoms with Gasteiger partial charge in [-0.05, 0) is 55.0 Å². The maximum atomic E-state index is 12.3. The number of hydrogen-bond donors (Lipinski definition) is 1. The van der Waals surface area contributed by atoms with Crippen molar-refractivity contribution >= 4 is 23.6 Å². The lowest BCUT2D eigenvalue weighted by atomic mass is 10.1. The molecule has 142 valence electrons. The lowest BCUT2D eigenvalue weighted by molar-refractivity contribution is -0.112. The molecule has 0 heterocycles. The molecule has 0 atom stereocenters. The minimum absolute atomic E-state index is 0.0594. The van der Waals surface area contributed by atoms with E-state index in [1.54, 1.807) is 60.7 Å². The third-order valence-corrected chi connectivity index (χ3v) is 4.06. The molecule has 0 spiro atoms. The van der Waals surface area contributed by atoms with Crippen molar-refractivity contribution in [3.63, 3.8) is 0 Å². The Balaban J connectivity index is 1.75. The van der Waals surface area contributed by atoms with Crippen molar-refractivity contribution in [3.05, 3.63) is 101 Å². The summed E-state index contributed by atoms with van der Waals surface area (Å²) in [6.45, 7) is 1.94. The summed E-state index contributed by atoms with van der Waals surface area (Å²) in [5, 5.41) is 12.0. The summed E-state index contributed by atoms with van der Waals surface area (Å²) in [7, 11) is 0. The second kappa shape index (κ2) is 9.16. The molecule has 29 heavy (non-hydrogen) atoms. The third-order valence-electron chi connectivity index (χ3n) is 4.06. The van der Waals surface area contributed by atoms with Crippen LogP contribution in [0, 0.1) is 18.3 Å². The van der Waals surface area contributed by atoms with Crippen LogP contribution in [0.2, 0.25) is 0 Å². The first-order valence-electron chi connectivity index (χ1n) is 8.92. The monoisotopic (exact) mass is 382 g/mol. The highest BCUT2D eigenvalue weighted by molar-refractivity contribution is 6.09. The summed E-state index contributed by atoms with van der Waals surface area (Å²) in [6.07, 6.45) is 1.45. The zero-order valence-electron chi connectivity index (χ0n) is 15.8. The van der Waals surface area contributed by atoms with Crippen LogP contribution in [0.15, 0.2) is 84.4 Å². The highest BCUT2D eigenvalue weighted by Crippen LogP contribution is 2.18. The highest BCUT2D eigenvalue weighted by atomic mass is 16.5. The number of carbonyl (C=O) groups is 2. The van der Waals surface area contributed by atoms with Gasteiger partial charge >= 0.3 is 5.97 Å². The molecule has 0 bridgehead atoms. The van der Waals surface area contributed by atoms with Crippen molar-refractivity contribution in [3.8, 4) is 11.8 Å². The number of aryl methyl sites for hydroxylation is 1. The molecule has 0 aliphatic rings. The number of para-hydroxylation sites is 1. The molecular formula is C24H18N2O3. The number of amides is 1. The molecule has 1 amide bonds. The number of hydrogen-bond acceptors (Lipinski definition) is 4. The summed E-state index contributed by atoms with van der Waals surface area (Å²) in [4.78, 5) is 24.6. The van der Waals surface area contributed by atoms with Crippen molar-refractivity contribution in [2.24, 2.45) is 0 Å². The van der Waals surface area contributed by atoms with E-state index in [1.807, 2.05) is 31.2 Å². The van der Waals surface area contributed by atoms with Crippen LogP contribution in [0.1, 0.15) is 21.5 Å².